The third-order valence-electron chi connectivity index (χ3n) is 4.95. The van der Waals surface area contributed by atoms with Crippen LogP contribution in [0.15, 0.2) is 42.5 Å². The number of fused-ring (bicyclic) bond motifs is 3. The van der Waals surface area contributed by atoms with E-state index >= 15 is 0 Å². The molecule has 1 aromatic heterocycles. The van der Waals surface area contributed by atoms with Crippen LogP contribution >= 0.6 is 0 Å². The molecule has 148 valence electrons. The van der Waals surface area contributed by atoms with Crippen molar-refractivity contribution in [2.45, 2.75) is 20.0 Å². The molecule has 0 bridgehead atoms. The number of nitrogens with zero attached hydrogens (tertiary/aromatic N) is 2. The zero-order valence-corrected chi connectivity index (χ0v) is 15.9. The molecule has 3 aromatic rings. The topological polar surface area (TPSA) is 94.8 Å². The molecule has 2 heterocycles. The zero-order valence-electron chi connectivity index (χ0n) is 15.9. The van der Waals surface area contributed by atoms with Crippen LogP contribution in [-0.2, 0) is 22.7 Å². The largest absolute Gasteiger partial charge is 0.473 e. The zero-order chi connectivity index (χ0) is 20.1. The molecule has 0 atom stereocenters. The highest BCUT2D eigenvalue weighted by Crippen LogP contribution is 2.29. The fourth-order valence-corrected chi connectivity index (χ4v) is 3.67. The van der Waals surface area contributed by atoms with Crippen molar-refractivity contribution in [3.05, 3.63) is 48.0 Å². The third kappa shape index (κ3) is 4.32. The molecule has 1 saturated heterocycles. The fourth-order valence-electron chi connectivity index (χ4n) is 3.67. The molecule has 4 rings (SSSR count). The van der Waals surface area contributed by atoms with Gasteiger partial charge in [-0.15, -0.1) is 0 Å². The number of hydrogen-bond acceptors (Lipinski definition) is 4. The number of piperazine rings is 1. The summed E-state index contributed by atoms with van der Waals surface area (Å²) >= 11 is 0. The van der Waals surface area contributed by atoms with Crippen LogP contribution in [0.5, 0.6) is 0 Å². The predicted molar refractivity (Wildman–Crippen MR) is 109 cm³/mol. The van der Waals surface area contributed by atoms with Crippen molar-refractivity contribution >= 4 is 33.7 Å². The lowest BCUT2D eigenvalue weighted by Gasteiger charge is -2.27. The molecule has 0 aliphatic carbocycles. The third-order valence-corrected chi connectivity index (χ3v) is 4.95. The molecule has 7 heteroatoms. The SMILES string of the molecule is CCn1c2ccccc2c2cc(CN3CCNCC3)ccc21.O=C(O)C(=O)O. The Morgan fingerprint density at radius 3 is 2.25 bits per heavy atom. The molecule has 2 aromatic carbocycles. The van der Waals surface area contributed by atoms with Gasteiger partial charge in [-0.25, -0.2) is 9.59 Å². The lowest BCUT2D eigenvalue weighted by atomic mass is 10.1. The van der Waals surface area contributed by atoms with E-state index in [0.717, 1.165) is 39.3 Å². The van der Waals surface area contributed by atoms with Crippen LogP contribution in [0.1, 0.15) is 12.5 Å². The lowest BCUT2D eigenvalue weighted by molar-refractivity contribution is -0.159. The molecule has 7 nitrogen and oxygen atoms in total. The maximum Gasteiger partial charge on any atom is 0.414 e. The van der Waals surface area contributed by atoms with Crippen LogP contribution in [0.3, 0.4) is 0 Å². The van der Waals surface area contributed by atoms with Crippen molar-refractivity contribution < 1.29 is 19.8 Å². The average molecular weight is 383 g/mol. The van der Waals surface area contributed by atoms with Gasteiger partial charge in [0.05, 0.1) is 0 Å². The average Bonchev–Trinajstić information content (AvgIpc) is 3.02. The van der Waals surface area contributed by atoms with E-state index in [1.165, 1.54) is 27.4 Å². The first-order valence-corrected chi connectivity index (χ1v) is 9.40. The molecular weight excluding hydrogens is 358 g/mol. The predicted octanol–water partition coefficient (Wildman–Crippen LogP) is 2.38. The highest BCUT2D eigenvalue weighted by atomic mass is 16.4. The summed E-state index contributed by atoms with van der Waals surface area (Å²) in [5.74, 6) is -3.65. The van der Waals surface area contributed by atoms with Gasteiger partial charge in [-0.05, 0) is 30.7 Å². The number of aromatic nitrogens is 1. The van der Waals surface area contributed by atoms with Crippen LogP contribution in [-0.4, -0.2) is 57.8 Å². The van der Waals surface area contributed by atoms with Gasteiger partial charge in [-0.1, -0.05) is 24.3 Å². The Kier molecular flexibility index (Phi) is 6.28. The first-order chi connectivity index (χ1) is 13.5. The molecule has 0 unspecified atom stereocenters. The first-order valence-electron chi connectivity index (χ1n) is 9.40. The standard InChI is InChI=1S/C19H23N3.C2H2O4/c1-2-22-18-6-4-3-5-16(18)17-13-15(7-8-19(17)22)14-21-11-9-20-10-12-21;3-1(4)2(5)6/h3-8,13,20H,2,9-12,14H2,1H3;(H,3,4)(H,5,6). The van der Waals surface area contributed by atoms with Crippen molar-refractivity contribution in [3.63, 3.8) is 0 Å². The second kappa shape index (κ2) is 8.86. The first kappa shape index (κ1) is 19.9. The summed E-state index contributed by atoms with van der Waals surface area (Å²) in [5.41, 5.74) is 4.13. The summed E-state index contributed by atoms with van der Waals surface area (Å²) in [6.07, 6.45) is 0. The number of aliphatic carboxylic acids is 2. The van der Waals surface area contributed by atoms with Gasteiger partial charge in [0.1, 0.15) is 0 Å². The monoisotopic (exact) mass is 383 g/mol. The molecule has 0 spiro atoms. The molecule has 0 amide bonds. The van der Waals surface area contributed by atoms with Gasteiger partial charge < -0.3 is 20.1 Å². The van der Waals surface area contributed by atoms with Crippen molar-refractivity contribution in [2.75, 3.05) is 26.2 Å². The number of rotatable bonds is 3. The van der Waals surface area contributed by atoms with Crippen LogP contribution in [0, 0.1) is 0 Å². The number of nitrogens with one attached hydrogen (secondary N) is 1. The Morgan fingerprint density at radius 1 is 0.964 bits per heavy atom. The maximum absolute atomic E-state index is 9.10. The summed E-state index contributed by atoms with van der Waals surface area (Å²) in [5, 5.41) is 21.0. The number of benzene rings is 2. The number of aryl methyl sites for hydroxylation is 1. The summed E-state index contributed by atoms with van der Waals surface area (Å²) in [6.45, 7) is 8.81. The van der Waals surface area contributed by atoms with Gasteiger partial charge in [0.2, 0.25) is 0 Å². The number of carbonyl (C=O) groups is 2. The summed E-state index contributed by atoms with van der Waals surface area (Å²) < 4.78 is 2.42. The van der Waals surface area contributed by atoms with E-state index in [9.17, 15) is 0 Å². The summed E-state index contributed by atoms with van der Waals surface area (Å²) in [6, 6.07) is 15.8. The highest BCUT2D eigenvalue weighted by molar-refractivity contribution is 6.27. The van der Waals surface area contributed by atoms with Crippen LogP contribution in [0.4, 0.5) is 0 Å². The maximum atomic E-state index is 9.10. The van der Waals surface area contributed by atoms with E-state index < -0.39 is 11.9 Å². The number of carboxylic acid groups (broad SMARTS) is 2. The molecule has 0 saturated carbocycles. The normalized spacial score (nSPS) is 14.6. The van der Waals surface area contributed by atoms with Crippen molar-refractivity contribution in [2.24, 2.45) is 0 Å². The Morgan fingerprint density at radius 2 is 1.61 bits per heavy atom. The summed E-state index contributed by atoms with van der Waals surface area (Å²) in [7, 11) is 0. The minimum atomic E-state index is -1.82. The van der Waals surface area contributed by atoms with E-state index in [4.69, 9.17) is 19.8 Å². The van der Waals surface area contributed by atoms with Gasteiger partial charge in [-0.3, -0.25) is 4.90 Å². The van der Waals surface area contributed by atoms with Gasteiger partial charge in [-0.2, -0.15) is 0 Å². The second-order valence-electron chi connectivity index (χ2n) is 6.75. The Hall–Kier alpha value is -2.90. The van der Waals surface area contributed by atoms with E-state index in [0.29, 0.717) is 0 Å². The minimum absolute atomic E-state index is 1.02. The van der Waals surface area contributed by atoms with Crippen molar-refractivity contribution in [3.8, 4) is 0 Å². The molecule has 1 aliphatic rings. The van der Waals surface area contributed by atoms with E-state index in [1.807, 2.05) is 0 Å². The number of carboxylic acids is 2. The summed E-state index contributed by atoms with van der Waals surface area (Å²) in [4.78, 5) is 20.7. The quantitative estimate of drug-likeness (QED) is 0.601. The molecule has 1 fully saturated rings. The van der Waals surface area contributed by atoms with Crippen molar-refractivity contribution in [1.29, 1.82) is 0 Å². The fraction of sp³-hybridized carbons (Fsp3) is 0.333. The molecule has 1 aliphatic heterocycles. The van der Waals surface area contributed by atoms with Gasteiger partial charge in [0, 0.05) is 61.1 Å². The Labute approximate surface area is 163 Å². The highest BCUT2D eigenvalue weighted by Gasteiger charge is 2.13. The molecule has 0 radical (unpaired) electrons. The van der Waals surface area contributed by atoms with Gasteiger partial charge in [0.25, 0.3) is 0 Å². The minimum Gasteiger partial charge on any atom is -0.473 e. The van der Waals surface area contributed by atoms with Crippen LogP contribution in [0.25, 0.3) is 21.8 Å². The Balaban J connectivity index is 0.000000330. The Bertz CT molecular complexity index is 978. The number of hydrogen-bond donors (Lipinski definition) is 3. The van der Waals surface area contributed by atoms with Gasteiger partial charge in [0.15, 0.2) is 0 Å². The van der Waals surface area contributed by atoms with Crippen LogP contribution in [0.2, 0.25) is 0 Å². The van der Waals surface area contributed by atoms with E-state index in [1.54, 1.807) is 0 Å². The molecular formula is C21H25N3O4. The van der Waals surface area contributed by atoms with E-state index in [2.05, 4.69) is 64.2 Å². The second-order valence-corrected chi connectivity index (χ2v) is 6.75. The molecule has 3 N–H and O–H groups in total. The van der Waals surface area contributed by atoms with Crippen LogP contribution < -0.4 is 5.32 Å². The number of para-hydroxylation sites is 1. The lowest BCUT2D eigenvalue weighted by Crippen LogP contribution is -2.42. The van der Waals surface area contributed by atoms with Gasteiger partial charge >= 0.3 is 11.9 Å². The smallest absolute Gasteiger partial charge is 0.414 e. The molecule has 28 heavy (non-hydrogen) atoms. The van der Waals surface area contributed by atoms with E-state index in [-0.39, 0.29) is 0 Å². The van der Waals surface area contributed by atoms with Crippen molar-refractivity contribution in [1.82, 2.24) is 14.8 Å².